The molecule has 98 valence electrons. The molecule has 0 radical (unpaired) electrons. The zero-order chi connectivity index (χ0) is 13.1. The second-order valence-corrected chi connectivity index (χ2v) is 4.84. The first kappa shape index (κ1) is 13.0. The fourth-order valence-corrected chi connectivity index (χ4v) is 2.23. The first-order valence-electron chi connectivity index (χ1n) is 6.36. The zero-order valence-corrected chi connectivity index (χ0v) is 10.4. The molecular weight excluding hydrogens is 233 g/mol. The van der Waals surface area contributed by atoms with Gasteiger partial charge in [-0.15, -0.1) is 0 Å². The van der Waals surface area contributed by atoms with Crippen LogP contribution in [0.2, 0.25) is 0 Å². The van der Waals surface area contributed by atoms with Crippen molar-refractivity contribution in [3.05, 3.63) is 35.6 Å². The molecule has 3 nitrogen and oxygen atoms in total. The van der Waals surface area contributed by atoms with Crippen LogP contribution in [0.1, 0.15) is 37.8 Å². The first-order chi connectivity index (χ1) is 8.61. The van der Waals surface area contributed by atoms with Crippen molar-refractivity contribution in [3.63, 3.8) is 0 Å². The fourth-order valence-electron chi connectivity index (χ4n) is 2.23. The van der Waals surface area contributed by atoms with E-state index in [0.29, 0.717) is 0 Å². The van der Waals surface area contributed by atoms with Crippen molar-refractivity contribution in [2.75, 3.05) is 0 Å². The van der Waals surface area contributed by atoms with Crippen LogP contribution >= 0.6 is 0 Å². The van der Waals surface area contributed by atoms with Crippen LogP contribution in [0.25, 0.3) is 0 Å². The van der Waals surface area contributed by atoms with Crippen LogP contribution < -0.4 is 5.32 Å². The molecular formula is C14H18FNO2. The molecule has 0 saturated heterocycles. The van der Waals surface area contributed by atoms with Gasteiger partial charge in [0.25, 0.3) is 0 Å². The fraction of sp³-hybridized carbons (Fsp3) is 0.500. The first-order valence-corrected chi connectivity index (χ1v) is 6.36. The van der Waals surface area contributed by atoms with Gasteiger partial charge in [-0.2, -0.15) is 0 Å². The Balaban J connectivity index is 2.10. The molecule has 0 heterocycles. The largest absolute Gasteiger partial charge is 0.480 e. The van der Waals surface area contributed by atoms with Crippen LogP contribution in [-0.4, -0.2) is 17.1 Å². The summed E-state index contributed by atoms with van der Waals surface area (Å²) in [6, 6.07) is 5.72. The second kappa shape index (κ2) is 5.48. The molecule has 4 heteroatoms. The minimum atomic E-state index is -0.813. The predicted octanol–water partition coefficient (Wildman–Crippen LogP) is 2.73. The summed E-state index contributed by atoms with van der Waals surface area (Å²) in [4.78, 5) is 11.2. The van der Waals surface area contributed by atoms with E-state index in [9.17, 15) is 14.3 Å². The Morgan fingerprint density at radius 1 is 1.56 bits per heavy atom. The monoisotopic (exact) mass is 251 g/mol. The summed E-state index contributed by atoms with van der Waals surface area (Å²) in [5.41, 5.74) is 0.810. The molecule has 0 bridgehead atoms. The van der Waals surface area contributed by atoms with E-state index in [4.69, 9.17) is 0 Å². The lowest BCUT2D eigenvalue weighted by atomic mass is 10.0. The minimum Gasteiger partial charge on any atom is -0.480 e. The van der Waals surface area contributed by atoms with Crippen LogP contribution in [0.5, 0.6) is 0 Å². The second-order valence-electron chi connectivity index (χ2n) is 4.84. The maximum atomic E-state index is 13.2. The van der Waals surface area contributed by atoms with E-state index in [1.54, 1.807) is 6.07 Å². The van der Waals surface area contributed by atoms with E-state index in [1.165, 1.54) is 12.1 Å². The van der Waals surface area contributed by atoms with Gasteiger partial charge in [0, 0.05) is 6.04 Å². The molecule has 2 unspecified atom stereocenters. The molecule has 1 aromatic rings. The molecule has 0 aromatic heterocycles. The Labute approximate surface area is 106 Å². The van der Waals surface area contributed by atoms with Crippen LogP contribution in [0, 0.1) is 11.7 Å². The molecule has 2 atom stereocenters. The van der Waals surface area contributed by atoms with Gasteiger partial charge in [0.2, 0.25) is 0 Å². The number of benzene rings is 1. The highest BCUT2D eigenvalue weighted by Crippen LogP contribution is 2.34. The summed E-state index contributed by atoms with van der Waals surface area (Å²) in [6.07, 6.45) is 2.66. The normalized spacial score (nSPS) is 18.3. The molecule has 2 rings (SSSR count). The van der Waals surface area contributed by atoms with Gasteiger partial charge in [0.05, 0.1) is 0 Å². The van der Waals surface area contributed by atoms with Crippen molar-refractivity contribution in [2.24, 2.45) is 5.92 Å². The van der Waals surface area contributed by atoms with Gasteiger partial charge in [0.15, 0.2) is 0 Å². The highest BCUT2D eigenvalue weighted by atomic mass is 19.1. The molecule has 1 fully saturated rings. The molecule has 18 heavy (non-hydrogen) atoms. The maximum Gasteiger partial charge on any atom is 0.320 e. The van der Waals surface area contributed by atoms with Crippen LogP contribution in [-0.2, 0) is 4.79 Å². The number of carbonyl (C=O) groups is 1. The SMILES string of the molecule is CCC(NC(C(=O)O)C1CC1)c1cccc(F)c1. The summed E-state index contributed by atoms with van der Waals surface area (Å²) in [5, 5.41) is 12.3. The molecule has 1 saturated carbocycles. The molecule has 0 aliphatic heterocycles. The smallest absolute Gasteiger partial charge is 0.320 e. The van der Waals surface area contributed by atoms with Crippen LogP contribution in [0.3, 0.4) is 0 Å². The van der Waals surface area contributed by atoms with Crippen molar-refractivity contribution in [2.45, 2.75) is 38.3 Å². The third-order valence-electron chi connectivity index (χ3n) is 3.40. The third kappa shape index (κ3) is 3.07. The van der Waals surface area contributed by atoms with E-state index in [2.05, 4.69) is 5.32 Å². The maximum absolute atomic E-state index is 13.2. The van der Waals surface area contributed by atoms with Crippen LogP contribution in [0.15, 0.2) is 24.3 Å². The standard InChI is InChI=1S/C14H18FNO2/c1-2-12(10-4-3-5-11(15)8-10)16-13(14(17)18)9-6-7-9/h3-5,8-9,12-13,16H,2,6-7H2,1H3,(H,17,18). The zero-order valence-electron chi connectivity index (χ0n) is 10.4. The van der Waals surface area contributed by atoms with Crippen molar-refractivity contribution in [1.29, 1.82) is 0 Å². The molecule has 1 aliphatic rings. The minimum absolute atomic E-state index is 0.109. The number of nitrogens with one attached hydrogen (secondary N) is 1. The van der Waals surface area contributed by atoms with Crippen molar-refractivity contribution in [3.8, 4) is 0 Å². The highest BCUT2D eigenvalue weighted by molar-refractivity contribution is 5.74. The Kier molecular flexibility index (Phi) is 3.97. The number of hydrogen-bond donors (Lipinski definition) is 2. The average Bonchev–Trinajstić information content (AvgIpc) is 3.14. The quantitative estimate of drug-likeness (QED) is 0.817. The van der Waals surface area contributed by atoms with Gasteiger partial charge in [-0.25, -0.2) is 4.39 Å². The summed E-state index contributed by atoms with van der Waals surface area (Å²) in [5.74, 6) is -0.872. The summed E-state index contributed by atoms with van der Waals surface area (Å²) in [7, 11) is 0. The lowest BCUT2D eigenvalue weighted by Crippen LogP contribution is -2.40. The predicted molar refractivity (Wildman–Crippen MR) is 66.7 cm³/mol. The summed E-state index contributed by atoms with van der Waals surface area (Å²) < 4.78 is 13.2. The summed E-state index contributed by atoms with van der Waals surface area (Å²) in [6.45, 7) is 1.97. The van der Waals surface area contributed by atoms with Gasteiger partial charge >= 0.3 is 5.97 Å². The molecule has 2 N–H and O–H groups in total. The van der Waals surface area contributed by atoms with Crippen molar-refractivity contribution >= 4 is 5.97 Å². The molecule has 1 aliphatic carbocycles. The van der Waals surface area contributed by atoms with Gasteiger partial charge in [-0.3, -0.25) is 10.1 Å². The molecule has 1 aromatic carbocycles. The molecule has 0 spiro atoms. The topological polar surface area (TPSA) is 49.3 Å². The number of carboxylic acids is 1. The molecule has 0 amide bonds. The number of halogens is 1. The Hall–Kier alpha value is -1.42. The third-order valence-corrected chi connectivity index (χ3v) is 3.40. The number of carboxylic acid groups (broad SMARTS) is 1. The van der Waals surface area contributed by atoms with Crippen molar-refractivity contribution < 1.29 is 14.3 Å². The lowest BCUT2D eigenvalue weighted by Gasteiger charge is -2.22. The average molecular weight is 251 g/mol. The Morgan fingerprint density at radius 2 is 2.28 bits per heavy atom. The van der Waals surface area contributed by atoms with Gasteiger partial charge in [0.1, 0.15) is 11.9 Å². The van der Waals surface area contributed by atoms with E-state index in [1.807, 2.05) is 13.0 Å². The van der Waals surface area contributed by atoms with Crippen molar-refractivity contribution in [1.82, 2.24) is 5.32 Å². The lowest BCUT2D eigenvalue weighted by molar-refractivity contribution is -0.140. The van der Waals surface area contributed by atoms with E-state index in [0.717, 1.165) is 24.8 Å². The number of hydrogen-bond acceptors (Lipinski definition) is 2. The Bertz CT molecular complexity index is 432. The highest BCUT2D eigenvalue weighted by Gasteiger charge is 2.37. The van der Waals surface area contributed by atoms with Gasteiger partial charge in [-0.05, 0) is 42.9 Å². The number of aliphatic carboxylic acids is 1. The summed E-state index contributed by atoms with van der Waals surface area (Å²) >= 11 is 0. The van der Waals surface area contributed by atoms with E-state index >= 15 is 0 Å². The van der Waals surface area contributed by atoms with Crippen LogP contribution in [0.4, 0.5) is 4.39 Å². The number of rotatable bonds is 6. The van der Waals surface area contributed by atoms with Gasteiger partial charge < -0.3 is 5.11 Å². The Morgan fingerprint density at radius 3 is 2.78 bits per heavy atom. The van der Waals surface area contributed by atoms with E-state index in [-0.39, 0.29) is 17.8 Å². The van der Waals surface area contributed by atoms with E-state index < -0.39 is 12.0 Å². The van der Waals surface area contributed by atoms with Gasteiger partial charge in [-0.1, -0.05) is 19.1 Å².